The molecule has 0 saturated carbocycles. The molecule has 0 amide bonds. The first kappa shape index (κ1) is 13.5. The summed E-state index contributed by atoms with van der Waals surface area (Å²) in [6.45, 7) is 1.13. The van der Waals surface area contributed by atoms with Crippen LogP contribution in [0.1, 0.15) is 25.0 Å². The minimum atomic E-state index is -4.48. The zero-order valence-corrected chi connectivity index (χ0v) is 8.99. The van der Waals surface area contributed by atoms with Crippen LogP contribution in [0.15, 0.2) is 24.3 Å². The number of aliphatic hydroxyl groups excluding tert-OH is 1. The molecule has 94 valence electrons. The van der Waals surface area contributed by atoms with Gasteiger partial charge in [0.2, 0.25) is 0 Å². The topological polar surface area (TPSA) is 46.5 Å². The van der Waals surface area contributed by atoms with Crippen molar-refractivity contribution in [3.05, 3.63) is 29.8 Å². The van der Waals surface area contributed by atoms with Gasteiger partial charge < -0.3 is 9.84 Å². The van der Waals surface area contributed by atoms with Crippen molar-refractivity contribution < 1.29 is 27.8 Å². The Hall–Kier alpha value is -1.56. The highest BCUT2D eigenvalue weighted by Gasteiger charge is 2.32. The van der Waals surface area contributed by atoms with Gasteiger partial charge in [0.1, 0.15) is 5.75 Å². The number of aliphatic hydroxyl groups is 1. The lowest BCUT2D eigenvalue weighted by Gasteiger charge is -2.16. The van der Waals surface area contributed by atoms with Crippen LogP contribution in [0, 0.1) is 0 Å². The largest absolute Gasteiger partial charge is 0.426 e. The molecule has 1 N–H and O–H groups in total. The van der Waals surface area contributed by atoms with Crippen LogP contribution >= 0.6 is 0 Å². The molecular weight excluding hydrogens is 237 g/mol. The van der Waals surface area contributed by atoms with Crippen LogP contribution < -0.4 is 4.74 Å². The van der Waals surface area contributed by atoms with Crippen LogP contribution in [0.4, 0.5) is 13.2 Å². The third-order valence-corrected chi connectivity index (χ3v) is 1.96. The van der Waals surface area contributed by atoms with E-state index in [0.717, 1.165) is 6.92 Å². The van der Waals surface area contributed by atoms with Crippen molar-refractivity contribution in [3.63, 3.8) is 0 Å². The zero-order chi connectivity index (χ0) is 13.1. The van der Waals surface area contributed by atoms with Crippen LogP contribution in [-0.2, 0) is 4.79 Å². The fourth-order valence-electron chi connectivity index (χ4n) is 1.33. The molecular formula is C11H11F3O3. The van der Waals surface area contributed by atoms with E-state index in [9.17, 15) is 23.1 Å². The molecule has 6 heteroatoms. The van der Waals surface area contributed by atoms with Crippen molar-refractivity contribution >= 4 is 5.97 Å². The van der Waals surface area contributed by atoms with Gasteiger partial charge in [-0.05, 0) is 6.07 Å². The first-order valence-electron chi connectivity index (χ1n) is 4.82. The van der Waals surface area contributed by atoms with Crippen molar-refractivity contribution in [2.45, 2.75) is 25.6 Å². The maximum Gasteiger partial charge on any atom is 0.391 e. The number of carbonyl (C=O) groups is 1. The van der Waals surface area contributed by atoms with Gasteiger partial charge in [0, 0.05) is 12.5 Å². The summed E-state index contributed by atoms with van der Waals surface area (Å²) in [6.07, 6.45) is -7.61. The molecule has 0 aliphatic heterocycles. The summed E-state index contributed by atoms with van der Waals surface area (Å²) >= 11 is 0. The van der Waals surface area contributed by atoms with E-state index in [-0.39, 0.29) is 11.3 Å². The molecule has 0 fully saturated rings. The van der Waals surface area contributed by atoms with Crippen molar-refractivity contribution in [1.82, 2.24) is 0 Å². The van der Waals surface area contributed by atoms with Crippen LogP contribution in [0.2, 0.25) is 0 Å². The summed E-state index contributed by atoms with van der Waals surface area (Å²) < 4.78 is 41.1. The molecule has 0 saturated heterocycles. The predicted molar refractivity (Wildman–Crippen MR) is 53.4 cm³/mol. The first-order valence-corrected chi connectivity index (χ1v) is 4.82. The summed E-state index contributed by atoms with van der Waals surface area (Å²) in [5, 5.41) is 9.44. The normalized spacial score (nSPS) is 13.2. The Morgan fingerprint density at radius 3 is 2.53 bits per heavy atom. The van der Waals surface area contributed by atoms with E-state index in [1.54, 1.807) is 0 Å². The molecule has 0 aliphatic rings. The lowest BCUT2D eigenvalue weighted by Crippen LogP contribution is -2.15. The van der Waals surface area contributed by atoms with Crippen molar-refractivity contribution in [2.24, 2.45) is 0 Å². The first-order chi connectivity index (χ1) is 7.79. The minimum Gasteiger partial charge on any atom is -0.426 e. The quantitative estimate of drug-likeness (QED) is 0.660. The summed E-state index contributed by atoms with van der Waals surface area (Å²) in [6, 6.07) is 5.58. The molecule has 0 aromatic heterocycles. The van der Waals surface area contributed by atoms with Crippen LogP contribution in [-0.4, -0.2) is 17.3 Å². The third kappa shape index (κ3) is 4.44. The van der Waals surface area contributed by atoms with Gasteiger partial charge in [-0.25, -0.2) is 0 Å². The highest BCUT2D eigenvalue weighted by molar-refractivity contribution is 5.69. The predicted octanol–water partition coefficient (Wildman–Crippen LogP) is 2.60. The number of ether oxygens (including phenoxy) is 1. The number of esters is 1. The van der Waals surface area contributed by atoms with E-state index in [0.29, 0.717) is 0 Å². The molecule has 1 rings (SSSR count). The molecule has 0 spiro atoms. The SMILES string of the molecule is CC(=O)Oc1ccccc1C(O)CC(F)(F)F. The zero-order valence-electron chi connectivity index (χ0n) is 8.99. The summed E-state index contributed by atoms with van der Waals surface area (Å²) in [5.74, 6) is -0.714. The molecule has 0 heterocycles. The lowest BCUT2D eigenvalue weighted by molar-refractivity contribution is -0.154. The van der Waals surface area contributed by atoms with E-state index in [1.807, 2.05) is 0 Å². The molecule has 1 aromatic rings. The Bertz CT molecular complexity index is 401. The molecule has 3 nitrogen and oxygen atoms in total. The maximum atomic E-state index is 12.1. The Balaban J connectivity index is 2.92. The number of rotatable bonds is 3. The van der Waals surface area contributed by atoms with Crippen molar-refractivity contribution in [1.29, 1.82) is 0 Å². The van der Waals surface area contributed by atoms with E-state index in [4.69, 9.17) is 4.74 Å². The Labute approximate surface area is 95.8 Å². The van der Waals surface area contributed by atoms with Gasteiger partial charge in [0.05, 0.1) is 12.5 Å². The monoisotopic (exact) mass is 248 g/mol. The Morgan fingerprint density at radius 1 is 1.41 bits per heavy atom. The van der Waals surface area contributed by atoms with Gasteiger partial charge in [-0.3, -0.25) is 4.79 Å². The molecule has 17 heavy (non-hydrogen) atoms. The average Bonchev–Trinajstić information content (AvgIpc) is 2.14. The van der Waals surface area contributed by atoms with E-state index in [2.05, 4.69) is 0 Å². The minimum absolute atomic E-state index is 0.0555. The van der Waals surface area contributed by atoms with Gasteiger partial charge in [-0.1, -0.05) is 18.2 Å². The van der Waals surface area contributed by atoms with Gasteiger partial charge in [-0.2, -0.15) is 13.2 Å². The van der Waals surface area contributed by atoms with E-state index >= 15 is 0 Å². The fourth-order valence-corrected chi connectivity index (χ4v) is 1.33. The molecule has 1 unspecified atom stereocenters. The van der Waals surface area contributed by atoms with Gasteiger partial charge in [-0.15, -0.1) is 0 Å². The highest BCUT2D eigenvalue weighted by atomic mass is 19.4. The van der Waals surface area contributed by atoms with Crippen LogP contribution in [0.5, 0.6) is 5.75 Å². The Kier molecular flexibility index (Phi) is 4.11. The second-order valence-electron chi connectivity index (χ2n) is 3.47. The number of benzene rings is 1. The van der Waals surface area contributed by atoms with Crippen LogP contribution in [0.25, 0.3) is 0 Å². The molecule has 0 radical (unpaired) electrons. The molecule has 1 aromatic carbocycles. The number of hydrogen-bond acceptors (Lipinski definition) is 3. The van der Waals surface area contributed by atoms with E-state index < -0.39 is 24.7 Å². The average molecular weight is 248 g/mol. The number of para-hydroxylation sites is 1. The van der Waals surface area contributed by atoms with Gasteiger partial charge in [0.15, 0.2) is 0 Å². The van der Waals surface area contributed by atoms with Crippen molar-refractivity contribution in [3.8, 4) is 5.75 Å². The third-order valence-electron chi connectivity index (χ3n) is 1.96. The number of hydrogen-bond donors (Lipinski definition) is 1. The maximum absolute atomic E-state index is 12.1. The molecule has 0 bridgehead atoms. The van der Waals surface area contributed by atoms with E-state index in [1.165, 1.54) is 24.3 Å². The lowest BCUT2D eigenvalue weighted by atomic mass is 10.1. The second-order valence-corrected chi connectivity index (χ2v) is 3.47. The molecule has 1 atom stereocenters. The summed E-state index contributed by atoms with van der Waals surface area (Å²) in [5.41, 5.74) is -0.0555. The number of halogens is 3. The van der Waals surface area contributed by atoms with Gasteiger partial charge >= 0.3 is 12.1 Å². The van der Waals surface area contributed by atoms with Crippen molar-refractivity contribution in [2.75, 3.05) is 0 Å². The fraction of sp³-hybridized carbons (Fsp3) is 0.364. The van der Waals surface area contributed by atoms with Crippen LogP contribution in [0.3, 0.4) is 0 Å². The second kappa shape index (κ2) is 5.18. The summed E-state index contributed by atoms with van der Waals surface area (Å²) in [7, 11) is 0. The number of carbonyl (C=O) groups excluding carboxylic acids is 1. The summed E-state index contributed by atoms with van der Waals surface area (Å²) in [4.78, 5) is 10.7. The number of alkyl halides is 3. The highest BCUT2D eigenvalue weighted by Crippen LogP contribution is 2.33. The smallest absolute Gasteiger partial charge is 0.391 e. The molecule has 0 aliphatic carbocycles. The Morgan fingerprint density at radius 2 is 2.00 bits per heavy atom. The van der Waals surface area contributed by atoms with Gasteiger partial charge in [0.25, 0.3) is 0 Å². The standard InChI is InChI=1S/C11H11F3O3/c1-7(15)17-10-5-3-2-4-8(10)9(16)6-11(12,13)14/h2-5,9,16H,6H2,1H3.